The summed E-state index contributed by atoms with van der Waals surface area (Å²) in [6.07, 6.45) is 0.566. The highest BCUT2D eigenvalue weighted by atomic mass is 16.1. The molecule has 44 valence electrons. The predicted octanol–water partition coefficient (Wildman–Crippen LogP) is 0.560. The highest BCUT2D eigenvalue weighted by Gasteiger charge is 1.87. The second-order valence-corrected chi connectivity index (χ2v) is 1.10. The van der Waals surface area contributed by atoms with Crippen LogP contribution in [0, 0.1) is 0 Å². The van der Waals surface area contributed by atoms with E-state index in [1.54, 1.807) is 6.92 Å². The molecule has 0 bridgehead atoms. The zero-order chi connectivity index (χ0) is 4.99. The van der Waals surface area contributed by atoms with Crippen LogP contribution >= 0.6 is 0 Å². The molecule has 0 aromatic heterocycles. The van der Waals surface area contributed by atoms with E-state index in [0.29, 0.717) is 6.42 Å². The van der Waals surface area contributed by atoms with Crippen LogP contribution in [0.1, 0.15) is 20.8 Å². The van der Waals surface area contributed by atoms with Crippen LogP contribution in [-0.4, -0.2) is 12.3 Å². The largest absolute Gasteiger partial charge is 0.324 e. The van der Waals surface area contributed by atoms with E-state index < -0.39 is 0 Å². The number of hydrogen-bond donors (Lipinski definition) is 1. The number of carbonyl (C=O) groups excluding carboxylic acids is 1. The number of ketones is 1. The van der Waals surface area contributed by atoms with E-state index in [4.69, 9.17) is 5.73 Å². The van der Waals surface area contributed by atoms with E-state index >= 15 is 0 Å². The van der Waals surface area contributed by atoms with Crippen molar-refractivity contribution in [3.8, 4) is 0 Å². The van der Waals surface area contributed by atoms with E-state index in [0.717, 1.165) is 0 Å². The van der Waals surface area contributed by atoms with E-state index in [1.165, 1.54) is 0 Å². The van der Waals surface area contributed by atoms with Crippen molar-refractivity contribution in [2.45, 2.75) is 20.8 Å². The molecule has 0 radical (unpaired) electrons. The molecule has 0 spiro atoms. The maximum absolute atomic E-state index is 10.1. The molecule has 0 aliphatic rings. The first-order chi connectivity index (χ1) is 2.81. The van der Waals surface area contributed by atoms with Gasteiger partial charge < -0.3 is 5.73 Å². The Bertz CT molecular complexity index is 46.0. The average molecular weight is 103 g/mol. The highest BCUT2D eigenvalue weighted by Crippen LogP contribution is 1.71. The molecule has 0 fully saturated rings. The second-order valence-electron chi connectivity index (χ2n) is 1.10. The Kier molecular flexibility index (Phi) is 7.88. The Hall–Kier alpha value is -0.370. The topological polar surface area (TPSA) is 43.1 Å². The number of nitrogens with two attached hydrogens (primary N) is 1. The lowest BCUT2D eigenvalue weighted by Crippen LogP contribution is -2.11. The van der Waals surface area contributed by atoms with E-state index in [-0.39, 0.29) is 19.8 Å². The van der Waals surface area contributed by atoms with Crippen molar-refractivity contribution in [1.29, 1.82) is 0 Å². The third-order valence-electron chi connectivity index (χ3n) is 0.622. The van der Waals surface area contributed by atoms with Crippen molar-refractivity contribution in [2.75, 3.05) is 6.54 Å². The predicted molar refractivity (Wildman–Crippen MR) is 31.1 cm³/mol. The third kappa shape index (κ3) is 5.63. The molecule has 0 aromatic rings. The van der Waals surface area contributed by atoms with Gasteiger partial charge in [0.2, 0.25) is 0 Å². The first-order valence-electron chi connectivity index (χ1n) is 2.03. The van der Waals surface area contributed by atoms with Crippen LogP contribution in [-0.2, 0) is 4.79 Å². The highest BCUT2D eigenvalue weighted by molar-refractivity contribution is 5.79. The van der Waals surface area contributed by atoms with Gasteiger partial charge in [-0.3, -0.25) is 4.79 Å². The number of hydrogen-bond acceptors (Lipinski definition) is 2. The van der Waals surface area contributed by atoms with Gasteiger partial charge in [0.05, 0.1) is 6.54 Å². The Morgan fingerprint density at radius 3 is 2.14 bits per heavy atom. The lowest BCUT2D eigenvalue weighted by atomic mass is 10.3. The summed E-state index contributed by atoms with van der Waals surface area (Å²) in [6.45, 7) is 1.99. The van der Waals surface area contributed by atoms with Gasteiger partial charge in [-0.25, -0.2) is 0 Å². The lowest BCUT2D eigenvalue weighted by Gasteiger charge is -1.82. The van der Waals surface area contributed by atoms with Gasteiger partial charge in [-0.2, -0.15) is 0 Å². The van der Waals surface area contributed by atoms with Crippen LogP contribution < -0.4 is 5.73 Å². The minimum Gasteiger partial charge on any atom is -0.324 e. The van der Waals surface area contributed by atoms with Crippen molar-refractivity contribution in [1.82, 2.24) is 0 Å². The summed E-state index contributed by atoms with van der Waals surface area (Å²) in [4.78, 5) is 10.1. The smallest absolute Gasteiger partial charge is 0.146 e. The van der Waals surface area contributed by atoms with Crippen LogP contribution in [0.15, 0.2) is 0 Å². The van der Waals surface area contributed by atoms with Crippen molar-refractivity contribution >= 4 is 5.78 Å². The molecule has 0 unspecified atom stereocenters. The first kappa shape index (κ1) is 9.80. The fraction of sp³-hybridized carbons (Fsp3) is 0.800. The van der Waals surface area contributed by atoms with Gasteiger partial charge in [-0.1, -0.05) is 14.4 Å². The summed E-state index contributed by atoms with van der Waals surface area (Å²) in [6, 6.07) is 0. The minimum absolute atomic E-state index is 0. The standard InChI is InChI=1S/C4H9NO.CH4/c1-2-4(6)3-5;/h2-3,5H2,1H3;1H4. The van der Waals surface area contributed by atoms with Crippen LogP contribution in [0.2, 0.25) is 0 Å². The maximum Gasteiger partial charge on any atom is 0.146 e. The number of Topliss-reactive ketones (excluding diaryl/α,β-unsaturated/α-hetero) is 1. The van der Waals surface area contributed by atoms with E-state index in [1.807, 2.05) is 0 Å². The Morgan fingerprint density at radius 2 is 2.14 bits per heavy atom. The average Bonchev–Trinajstić information content (AvgIpc) is 1.65. The van der Waals surface area contributed by atoms with Crippen molar-refractivity contribution in [3.05, 3.63) is 0 Å². The molecule has 0 aromatic carbocycles. The van der Waals surface area contributed by atoms with Gasteiger partial charge in [0.25, 0.3) is 0 Å². The van der Waals surface area contributed by atoms with Crippen molar-refractivity contribution in [3.63, 3.8) is 0 Å². The molecule has 0 heterocycles. The normalized spacial score (nSPS) is 7.14. The van der Waals surface area contributed by atoms with Crippen LogP contribution in [0.3, 0.4) is 0 Å². The van der Waals surface area contributed by atoms with Crippen LogP contribution in [0.5, 0.6) is 0 Å². The van der Waals surface area contributed by atoms with Gasteiger partial charge in [-0.05, 0) is 0 Å². The molecule has 2 nitrogen and oxygen atoms in total. The fourth-order valence-corrected chi connectivity index (χ4v) is 0.144. The lowest BCUT2D eigenvalue weighted by molar-refractivity contribution is -0.117. The van der Waals surface area contributed by atoms with Gasteiger partial charge >= 0.3 is 0 Å². The van der Waals surface area contributed by atoms with E-state index in [9.17, 15) is 4.79 Å². The third-order valence-corrected chi connectivity index (χ3v) is 0.622. The molecule has 0 saturated heterocycles. The molecule has 0 rings (SSSR count). The quantitative estimate of drug-likeness (QED) is 0.555. The molecular weight excluding hydrogens is 90.1 g/mol. The van der Waals surface area contributed by atoms with Crippen LogP contribution in [0.4, 0.5) is 0 Å². The summed E-state index contributed by atoms with van der Waals surface area (Å²) < 4.78 is 0. The molecule has 0 aliphatic heterocycles. The molecule has 0 aliphatic carbocycles. The second kappa shape index (κ2) is 5.63. The molecule has 0 atom stereocenters. The van der Waals surface area contributed by atoms with Crippen LogP contribution in [0.25, 0.3) is 0 Å². The molecule has 0 amide bonds. The SMILES string of the molecule is C.CCC(=O)CN. The molecule has 2 heteroatoms. The molecular formula is C5H13NO. The summed E-state index contributed by atoms with van der Waals surface area (Å²) in [5, 5.41) is 0. The summed E-state index contributed by atoms with van der Waals surface area (Å²) in [7, 11) is 0. The van der Waals surface area contributed by atoms with Crippen molar-refractivity contribution in [2.24, 2.45) is 5.73 Å². The minimum atomic E-state index is 0. The maximum atomic E-state index is 10.1. The summed E-state index contributed by atoms with van der Waals surface area (Å²) >= 11 is 0. The monoisotopic (exact) mass is 103 g/mol. The molecule has 2 N–H and O–H groups in total. The Morgan fingerprint density at radius 1 is 1.71 bits per heavy atom. The summed E-state index contributed by atoms with van der Waals surface area (Å²) in [5.41, 5.74) is 4.93. The van der Waals surface area contributed by atoms with Gasteiger partial charge in [0, 0.05) is 6.42 Å². The van der Waals surface area contributed by atoms with Gasteiger partial charge in [0.1, 0.15) is 5.78 Å². The molecule has 7 heavy (non-hydrogen) atoms. The fourth-order valence-electron chi connectivity index (χ4n) is 0.144. The summed E-state index contributed by atoms with van der Waals surface area (Å²) in [5.74, 6) is 0.120. The number of rotatable bonds is 2. The van der Waals surface area contributed by atoms with Crippen molar-refractivity contribution < 1.29 is 4.79 Å². The Labute approximate surface area is 44.7 Å². The number of carbonyl (C=O) groups is 1. The van der Waals surface area contributed by atoms with Gasteiger partial charge in [-0.15, -0.1) is 0 Å². The zero-order valence-electron chi connectivity index (χ0n) is 3.90. The van der Waals surface area contributed by atoms with E-state index in [2.05, 4.69) is 0 Å². The first-order valence-corrected chi connectivity index (χ1v) is 2.03. The zero-order valence-corrected chi connectivity index (χ0v) is 3.90. The Balaban J connectivity index is 0. The van der Waals surface area contributed by atoms with Gasteiger partial charge in [0.15, 0.2) is 0 Å². The molecule has 0 saturated carbocycles.